The molecule has 0 aliphatic heterocycles. The third-order valence-electron chi connectivity index (χ3n) is 1.63. The smallest absolute Gasteiger partial charge is 0.341 e. The maximum Gasteiger partial charge on any atom is 0.341 e. The van der Waals surface area contributed by atoms with Crippen molar-refractivity contribution in [1.29, 1.82) is 0 Å². The van der Waals surface area contributed by atoms with Gasteiger partial charge in [0.05, 0.1) is 5.75 Å². The third kappa shape index (κ3) is 4.84. The van der Waals surface area contributed by atoms with E-state index in [0.717, 1.165) is 4.90 Å². The molecule has 0 unspecified atom stereocenters. The van der Waals surface area contributed by atoms with Crippen LogP contribution in [0.2, 0.25) is 0 Å². The SMILES string of the molecule is CC(=O)CSc1ccc(OCC(=O)O)cc1. The molecule has 0 radical (unpaired) electrons. The number of hydrogen-bond donors (Lipinski definition) is 1. The van der Waals surface area contributed by atoms with Gasteiger partial charge in [0.1, 0.15) is 11.5 Å². The van der Waals surface area contributed by atoms with Gasteiger partial charge in [-0.05, 0) is 31.2 Å². The number of carbonyl (C=O) groups excluding carboxylic acids is 1. The summed E-state index contributed by atoms with van der Waals surface area (Å²) in [5.41, 5.74) is 0. The maximum absolute atomic E-state index is 10.8. The lowest BCUT2D eigenvalue weighted by molar-refractivity contribution is -0.139. The van der Waals surface area contributed by atoms with Gasteiger partial charge in [-0.2, -0.15) is 0 Å². The highest BCUT2D eigenvalue weighted by Gasteiger charge is 2.00. The molecular weight excluding hydrogens is 228 g/mol. The van der Waals surface area contributed by atoms with Gasteiger partial charge >= 0.3 is 5.97 Å². The van der Waals surface area contributed by atoms with Crippen molar-refractivity contribution in [2.75, 3.05) is 12.4 Å². The van der Waals surface area contributed by atoms with Crippen LogP contribution in [0.25, 0.3) is 0 Å². The first-order chi connectivity index (χ1) is 7.58. The molecule has 86 valence electrons. The molecule has 0 saturated carbocycles. The summed E-state index contributed by atoms with van der Waals surface area (Å²) in [5.74, 6) is 0.0656. The van der Waals surface area contributed by atoms with Crippen LogP contribution in [0.3, 0.4) is 0 Å². The number of ether oxygens (including phenoxy) is 1. The van der Waals surface area contributed by atoms with E-state index in [1.165, 1.54) is 18.7 Å². The largest absolute Gasteiger partial charge is 0.482 e. The van der Waals surface area contributed by atoms with Crippen molar-refractivity contribution in [2.24, 2.45) is 0 Å². The van der Waals surface area contributed by atoms with E-state index in [1.807, 2.05) is 0 Å². The highest BCUT2D eigenvalue weighted by molar-refractivity contribution is 8.00. The number of aliphatic carboxylic acids is 1. The van der Waals surface area contributed by atoms with Gasteiger partial charge in [-0.15, -0.1) is 11.8 Å². The number of rotatable bonds is 6. The molecule has 0 heterocycles. The van der Waals surface area contributed by atoms with Crippen LogP contribution >= 0.6 is 11.8 Å². The first-order valence-corrected chi connectivity index (χ1v) is 5.63. The Morgan fingerprint density at radius 1 is 1.31 bits per heavy atom. The lowest BCUT2D eigenvalue weighted by Gasteiger charge is -2.04. The number of hydrogen-bond acceptors (Lipinski definition) is 4. The minimum absolute atomic E-state index is 0.121. The van der Waals surface area contributed by atoms with Gasteiger partial charge in [-0.3, -0.25) is 4.79 Å². The molecule has 0 spiro atoms. The number of ketones is 1. The van der Waals surface area contributed by atoms with E-state index in [0.29, 0.717) is 11.5 Å². The Morgan fingerprint density at radius 2 is 1.94 bits per heavy atom. The second kappa shape index (κ2) is 6.17. The van der Waals surface area contributed by atoms with E-state index in [-0.39, 0.29) is 12.4 Å². The van der Waals surface area contributed by atoms with Crippen molar-refractivity contribution >= 4 is 23.5 Å². The fourth-order valence-corrected chi connectivity index (χ4v) is 1.66. The fraction of sp³-hybridized carbons (Fsp3) is 0.273. The Kier molecular flexibility index (Phi) is 4.85. The van der Waals surface area contributed by atoms with E-state index in [9.17, 15) is 9.59 Å². The van der Waals surface area contributed by atoms with E-state index >= 15 is 0 Å². The average Bonchev–Trinajstić information content (AvgIpc) is 2.25. The Hall–Kier alpha value is -1.49. The van der Waals surface area contributed by atoms with Gasteiger partial charge in [0.25, 0.3) is 0 Å². The summed E-state index contributed by atoms with van der Waals surface area (Å²) in [6, 6.07) is 6.96. The molecule has 0 bridgehead atoms. The molecule has 1 rings (SSSR count). The van der Waals surface area contributed by atoms with Crippen LogP contribution in [0, 0.1) is 0 Å². The molecule has 0 atom stereocenters. The second-order valence-electron chi connectivity index (χ2n) is 3.14. The predicted molar refractivity (Wildman–Crippen MR) is 61.0 cm³/mol. The zero-order chi connectivity index (χ0) is 12.0. The van der Waals surface area contributed by atoms with E-state index in [2.05, 4.69) is 0 Å². The number of benzene rings is 1. The zero-order valence-electron chi connectivity index (χ0n) is 8.80. The van der Waals surface area contributed by atoms with Gasteiger partial charge in [-0.1, -0.05) is 0 Å². The molecule has 0 aliphatic rings. The summed E-state index contributed by atoms with van der Waals surface area (Å²) in [7, 11) is 0. The quantitative estimate of drug-likeness (QED) is 0.768. The molecule has 1 aromatic rings. The number of carbonyl (C=O) groups is 2. The van der Waals surface area contributed by atoms with Crippen molar-refractivity contribution < 1.29 is 19.4 Å². The van der Waals surface area contributed by atoms with Crippen molar-refractivity contribution in [3.05, 3.63) is 24.3 Å². The van der Waals surface area contributed by atoms with Crippen LogP contribution in [0.15, 0.2) is 29.2 Å². The maximum atomic E-state index is 10.8. The van der Waals surface area contributed by atoms with Gasteiger partial charge in [-0.25, -0.2) is 4.79 Å². The molecule has 0 aliphatic carbocycles. The van der Waals surface area contributed by atoms with Gasteiger partial charge < -0.3 is 9.84 Å². The molecule has 0 aromatic heterocycles. The summed E-state index contributed by atoms with van der Waals surface area (Å²) < 4.78 is 4.97. The lowest BCUT2D eigenvalue weighted by Crippen LogP contribution is -2.09. The summed E-state index contributed by atoms with van der Waals surface area (Å²) in [6.45, 7) is 1.19. The van der Waals surface area contributed by atoms with Crippen molar-refractivity contribution in [2.45, 2.75) is 11.8 Å². The summed E-state index contributed by atoms with van der Waals surface area (Å²) in [5, 5.41) is 8.41. The first-order valence-electron chi connectivity index (χ1n) is 4.65. The van der Waals surface area contributed by atoms with Crippen LogP contribution < -0.4 is 4.74 Å². The molecule has 1 N–H and O–H groups in total. The Labute approximate surface area is 97.6 Å². The van der Waals surface area contributed by atoms with Crippen LogP contribution in [0.5, 0.6) is 5.75 Å². The summed E-state index contributed by atoms with van der Waals surface area (Å²) in [4.78, 5) is 22.0. The number of carboxylic acid groups (broad SMARTS) is 1. The first kappa shape index (κ1) is 12.6. The molecular formula is C11H12O4S. The predicted octanol–water partition coefficient (Wildman–Crippen LogP) is 1.83. The molecule has 5 heteroatoms. The third-order valence-corrected chi connectivity index (χ3v) is 2.78. The lowest BCUT2D eigenvalue weighted by atomic mass is 10.3. The average molecular weight is 240 g/mol. The minimum Gasteiger partial charge on any atom is -0.482 e. The highest BCUT2D eigenvalue weighted by atomic mass is 32.2. The number of carboxylic acids is 1. The standard InChI is InChI=1S/C11H12O4S/c1-8(12)7-16-10-4-2-9(3-5-10)15-6-11(13)14/h2-5H,6-7H2,1H3,(H,13,14). The monoisotopic (exact) mass is 240 g/mol. The second-order valence-corrected chi connectivity index (χ2v) is 4.19. The molecule has 1 aromatic carbocycles. The highest BCUT2D eigenvalue weighted by Crippen LogP contribution is 2.21. The fourth-order valence-electron chi connectivity index (χ4n) is 0.962. The summed E-state index contributed by atoms with van der Waals surface area (Å²) in [6.07, 6.45) is 0. The molecule has 0 amide bonds. The molecule has 0 fully saturated rings. The minimum atomic E-state index is -1.00. The van der Waals surface area contributed by atoms with E-state index in [1.54, 1.807) is 24.3 Å². The molecule has 16 heavy (non-hydrogen) atoms. The number of thioether (sulfide) groups is 1. The zero-order valence-corrected chi connectivity index (χ0v) is 9.62. The van der Waals surface area contributed by atoms with Gasteiger partial charge in [0.2, 0.25) is 0 Å². The van der Waals surface area contributed by atoms with Crippen LogP contribution in [0.1, 0.15) is 6.92 Å². The summed E-state index contributed by atoms with van der Waals surface area (Å²) >= 11 is 1.44. The van der Waals surface area contributed by atoms with E-state index < -0.39 is 5.97 Å². The van der Waals surface area contributed by atoms with Gasteiger partial charge in [0.15, 0.2) is 6.61 Å². The van der Waals surface area contributed by atoms with Crippen molar-refractivity contribution in [1.82, 2.24) is 0 Å². The Morgan fingerprint density at radius 3 is 2.44 bits per heavy atom. The normalized spacial score (nSPS) is 9.81. The number of Topliss-reactive ketones (excluding diaryl/α,β-unsaturated/α-hetero) is 1. The van der Waals surface area contributed by atoms with Crippen LogP contribution in [-0.4, -0.2) is 29.2 Å². The topological polar surface area (TPSA) is 63.6 Å². The Balaban J connectivity index is 2.47. The Bertz CT molecular complexity index is 335. The molecule has 4 nitrogen and oxygen atoms in total. The van der Waals surface area contributed by atoms with Gasteiger partial charge in [0, 0.05) is 4.90 Å². The van der Waals surface area contributed by atoms with Crippen molar-refractivity contribution in [3.8, 4) is 5.75 Å². The van der Waals surface area contributed by atoms with Crippen LogP contribution in [0.4, 0.5) is 0 Å². The van der Waals surface area contributed by atoms with Crippen LogP contribution in [-0.2, 0) is 9.59 Å². The van der Waals surface area contributed by atoms with Crippen molar-refractivity contribution in [3.63, 3.8) is 0 Å². The van der Waals surface area contributed by atoms with E-state index in [4.69, 9.17) is 9.84 Å². The molecule has 0 saturated heterocycles.